The number of benzene rings is 1. The summed E-state index contributed by atoms with van der Waals surface area (Å²) in [5, 5.41) is 32.7. The van der Waals surface area contributed by atoms with Gasteiger partial charge < -0.3 is 20.1 Å². The minimum atomic E-state index is -0.766. The van der Waals surface area contributed by atoms with Gasteiger partial charge in [0, 0.05) is 11.0 Å². The second kappa shape index (κ2) is 5.53. The van der Waals surface area contributed by atoms with Gasteiger partial charge in [-0.1, -0.05) is 33.8 Å². The highest BCUT2D eigenvalue weighted by Crippen LogP contribution is 2.61. The first-order valence-electron chi connectivity index (χ1n) is 8.80. The van der Waals surface area contributed by atoms with Crippen molar-refractivity contribution in [1.82, 2.24) is 0 Å². The number of carbonyl (C=O) groups is 1. The number of phenolic OH excluding ortho intramolecular Hbond substituents is 2. The molecular weight excluding hydrogens is 332 g/mol. The van der Waals surface area contributed by atoms with Gasteiger partial charge in [-0.2, -0.15) is 0 Å². The van der Waals surface area contributed by atoms with Crippen LogP contribution in [-0.4, -0.2) is 28.2 Å². The fourth-order valence-corrected chi connectivity index (χ4v) is 5.00. The second-order valence-corrected chi connectivity index (χ2v) is 8.26. The normalized spacial score (nSPS) is 24.1. The number of methoxy groups -OCH3 is 1. The lowest BCUT2D eigenvalue weighted by Gasteiger charge is -2.49. The predicted octanol–water partition coefficient (Wildman–Crippen LogP) is 4.62. The molecule has 140 valence electrons. The Kier molecular flexibility index (Phi) is 3.91. The van der Waals surface area contributed by atoms with Gasteiger partial charge in [-0.25, -0.2) is 0 Å². The van der Waals surface area contributed by atoms with Crippen LogP contribution in [-0.2, 0) is 5.41 Å². The van der Waals surface area contributed by atoms with Gasteiger partial charge in [0.15, 0.2) is 17.3 Å². The summed E-state index contributed by atoms with van der Waals surface area (Å²) in [4.78, 5) is 13.0. The van der Waals surface area contributed by atoms with Gasteiger partial charge in [-0.05, 0) is 36.3 Å². The highest BCUT2D eigenvalue weighted by molar-refractivity contribution is 6.14. The molecule has 2 aliphatic rings. The molecular formula is C21H26O5. The average molecular weight is 358 g/mol. The van der Waals surface area contributed by atoms with Crippen LogP contribution in [0.5, 0.6) is 17.2 Å². The number of ether oxygens (including phenoxy) is 1. The summed E-state index contributed by atoms with van der Waals surface area (Å²) in [5.74, 6) is -1.36. The van der Waals surface area contributed by atoms with E-state index in [0.717, 1.165) is 12.8 Å². The molecule has 2 aliphatic carbocycles. The van der Waals surface area contributed by atoms with E-state index in [0.29, 0.717) is 23.1 Å². The number of Topliss-reactive ketones (excluding diaryl/α,β-unsaturated/α-hetero) is 1. The first kappa shape index (κ1) is 18.4. The average Bonchev–Trinajstić information content (AvgIpc) is 2.52. The molecule has 1 aromatic carbocycles. The third-order valence-corrected chi connectivity index (χ3v) is 5.97. The van der Waals surface area contributed by atoms with Crippen molar-refractivity contribution in [2.75, 3.05) is 7.11 Å². The second-order valence-electron chi connectivity index (χ2n) is 8.26. The predicted molar refractivity (Wildman–Crippen MR) is 100 cm³/mol. The fraction of sp³-hybridized carbons (Fsp3) is 0.476. The van der Waals surface area contributed by atoms with Crippen LogP contribution in [0.25, 0.3) is 5.57 Å². The maximum absolute atomic E-state index is 13.0. The molecule has 1 fully saturated rings. The van der Waals surface area contributed by atoms with Gasteiger partial charge in [0.1, 0.15) is 5.75 Å². The standard InChI is InChI=1S/C21H26O5/c1-10(2)11-14(22)12-13(16(24)18(11)26-6)21(5)9-7-8-20(3,4)19(21)17(25)15(12)23/h22,24-25H,1,7-9H2,2-6H3/t21-/m1/s1. The Labute approximate surface area is 153 Å². The molecule has 1 atom stereocenters. The number of hydrogen-bond acceptors (Lipinski definition) is 5. The summed E-state index contributed by atoms with van der Waals surface area (Å²) in [5.41, 5.74) is 0.379. The van der Waals surface area contributed by atoms with Crippen molar-refractivity contribution in [2.24, 2.45) is 5.41 Å². The van der Waals surface area contributed by atoms with E-state index in [1.807, 2.05) is 20.8 Å². The molecule has 5 heteroatoms. The summed E-state index contributed by atoms with van der Waals surface area (Å²) < 4.78 is 5.36. The van der Waals surface area contributed by atoms with Gasteiger partial charge in [0.2, 0.25) is 5.78 Å². The number of carbonyl (C=O) groups excluding carboxylic acids is 1. The largest absolute Gasteiger partial charge is 0.506 e. The summed E-state index contributed by atoms with van der Waals surface area (Å²) in [6, 6.07) is 0. The summed E-state index contributed by atoms with van der Waals surface area (Å²) in [6.45, 7) is 11.4. The van der Waals surface area contributed by atoms with E-state index < -0.39 is 16.6 Å². The number of aliphatic hydroxyl groups excluding tert-OH is 1. The van der Waals surface area contributed by atoms with Crippen molar-refractivity contribution in [3.8, 4) is 17.2 Å². The number of aromatic hydroxyl groups is 2. The van der Waals surface area contributed by atoms with Gasteiger partial charge in [-0.15, -0.1) is 0 Å². The molecule has 0 spiro atoms. The van der Waals surface area contributed by atoms with Crippen molar-refractivity contribution in [2.45, 2.75) is 52.4 Å². The molecule has 0 aromatic heterocycles. The zero-order valence-electron chi connectivity index (χ0n) is 16.0. The lowest BCUT2D eigenvalue weighted by Crippen LogP contribution is -2.43. The van der Waals surface area contributed by atoms with Crippen LogP contribution in [0.2, 0.25) is 0 Å². The Morgan fingerprint density at radius 2 is 1.73 bits per heavy atom. The van der Waals surface area contributed by atoms with Crippen LogP contribution >= 0.6 is 0 Å². The van der Waals surface area contributed by atoms with E-state index in [-0.39, 0.29) is 34.1 Å². The molecule has 0 amide bonds. The molecule has 3 rings (SSSR count). The number of ketones is 1. The Bertz CT molecular complexity index is 875. The van der Waals surface area contributed by atoms with E-state index in [2.05, 4.69) is 6.58 Å². The Morgan fingerprint density at radius 1 is 1.12 bits per heavy atom. The minimum Gasteiger partial charge on any atom is -0.506 e. The van der Waals surface area contributed by atoms with Crippen molar-refractivity contribution < 1.29 is 24.9 Å². The summed E-state index contributed by atoms with van der Waals surface area (Å²) >= 11 is 0. The van der Waals surface area contributed by atoms with Crippen molar-refractivity contribution in [1.29, 1.82) is 0 Å². The van der Waals surface area contributed by atoms with Gasteiger partial charge in [0.05, 0.1) is 18.2 Å². The van der Waals surface area contributed by atoms with Crippen LogP contribution < -0.4 is 4.74 Å². The first-order chi connectivity index (χ1) is 12.0. The van der Waals surface area contributed by atoms with Crippen LogP contribution in [0, 0.1) is 5.41 Å². The van der Waals surface area contributed by atoms with Crippen LogP contribution in [0.15, 0.2) is 17.9 Å². The molecule has 0 radical (unpaired) electrons. The molecule has 1 aromatic rings. The number of rotatable bonds is 2. The lowest BCUT2D eigenvalue weighted by atomic mass is 9.54. The fourth-order valence-electron chi connectivity index (χ4n) is 5.00. The van der Waals surface area contributed by atoms with Gasteiger partial charge in [-0.3, -0.25) is 4.79 Å². The van der Waals surface area contributed by atoms with Crippen molar-refractivity contribution in [3.63, 3.8) is 0 Å². The highest BCUT2D eigenvalue weighted by Gasteiger charge is 2.53. The topological polar surface area (TPSA) is 87.0 Å². The van der Waals surface area contributed by atoms with E-state index in [4.69, 9.17) is 4.74 Å². The molecule has 3 N–H and O–H groups in total. The Hall–Kier alpha value is -2.43. The molecule has 0 unspecified atom stereocenters. The smallest absolute Gasteiger partial charge is 0.231 e. The maximum atomic E-state index is 13.0. The van der Waals surface area contributed by atoms with E-state index >= 15 is 0 Å². The minimum absolute atomic E-state index is 0.0530. The van der Waals surface area contributed by atoms with Gasteiger partial charge >= 0.3 is 0 Å². The molecule has 26 heavy (non-hydrogen) atoms. The zero-order valence-corrected chi connectivity index (χ0v) is 16.0. The van der Waals surface area contributed by atoms with Crippen LogP contribution in [0.3, 0.4) is 0 Å². The number of hydrogen-bond donors (Lipinski definition) is 3. The number of allylic oxidation sites excluding steroid dienone is 3. The van der Waals surface area contributed by atoms with Gasteiger partial charge in [0.25, 0.3) is 0 Å². The lowest BCUT2D eigenvalue weighted by molar-refractivity contribution is 0.0935. The third-order valence-electron chi connectivity index (χ3n) is 5.97. The van der Waals surface area contributed by atoms with Crippen LogP contribution in [0.4, 0.5) is 0 Å². The Morgan fingerprint density at radius 3 is 2.27 bits per heavy atom. The molecule has 0 bridgehead atoms. The van der Waals surface area contributed by atoms with E-state index in [1.165, 1.54) is 7.11 Å². The molecule has 0 saturated heterocycles. The van der Waals surface area contributed by atoms with Crippen molar-refractivity contribution in [3.05, 3.63) is 34.6 Å². The Balaban J connectivity index is 2.50. The third kappa shape index (κ3) is 2.12. The molecule has 1 saturated carbocycles. The number of phenols is 2. The highest BCUT2D eigenvalue weighted by atomic mass is 16.5. The monoisotopic (exact) mass is 358 g/mol. The molecule has 0 heterocycles. The molecule has 5 nitrogen and oxygen atoms in total. The maximum Gasteiger partial charge on any atom is 0.231 e. The van der Waals surface area contributed by atoms with E-state index in [9.17, 15) is 20.1 Å². The summed E-state index contributed by atoms with van der Waals surface area (Å²) in [7, 11) is 1.40. The molecule has 0 aliphatic heterocycles. The van der Waals surface area contributed by atoms with Crippen LogP contribution in [0.1, 0.15) is 68.4 Å². The zero-order chi connectivity index (χ0) is 19.6. The summed E-state index contributed by atoms with van der Waals surface area (Å²) in [6.07, 6.45) is 2.36. The quantitative estimate of drug-likeness (QED) is 0.672. The van der Waals surface area contributed by atoms with Crippen molar-refractivity contribution >= 4 is 11.4 Å². The number of aliphatic hydroxyl groups is 1. The first-order valence-corrected chi connectivity index (χ1v) is 8.80. The SMILES string of the molecule is C=C(C)c1c(O)c2c(c(O)c1OC)[C@@]1(C)CCCC(C)(C)C1=C(O)C2=O. The number of fused-ring (bicyclic) bond motifs is 3. The van der Waals surface area contributed by atoms with E-state index in [1.54, 1.807) is 6.92 Å².